The Hall–Kier alpha value is 1.41. The largest absolute Gasteiger partial charge is 0.155 e. The molecule has 1 atom stereocenters. The van der Waals surface area contributed by atoms with E-state index in [1.54, 1.807) is 0 Å². The summed E-state index contributed by atoms with van der Waals surface area (Å²) in [5.41, 5.74) is 0. The monoisotopic (exact) mass is 208 g/mol. The van der Waals surface area contributed by atoms with Gasteiger partial charge in [-0.25, -0.2) is 0 Å². The van der Waals surface area contributed by atoms with Gasteiger partial charge in [0.15, 0.2) is 3.12 Å². The van der Waals surface area contributed by atoms with E-state index in [0.717, 1.165) is 0 Å². The zero-order valence-corrected chi connectivity index (χ0v) is 6.78. The van der Waals surface area contributed by atoms with Crippen LogP contribution in [0.3, 0.4) is 0 Å². The molecule has 0 heterocycles. The van der Waals surface area contributed by atoms with Crippen LogP contribution >= 0.6 is 51.8 Å². The Morgan fingerprint density at radius 1 is 1.83 bits per heavy atom. The molecule has 0 N–H and O–H groups in total. The molecule has 1 unspecified atom stereocenters. The molecule has 0 nitrogen and oxygen atoms in total. The van der Waals surface area contributed by atoms with E-state index in [1.165, 1.54) is 0 Å². The molecule has 0 aliphatic carbocycles. The number of hydrogen-bond acceptors (Lipinski definition) is 1. The van der Waals surface area contributed by atoms with E-state index in [4.69, 9.17) is 23.2 Å². The third-order valence-electron chi connectivity index (χ3n) is 0.161. The normalized spacial score (nSPS) is 20.0. The van der Waals surface area contributed by atoms with Crippen molar-refractivity contribution in [3.05, 3.63) is 0 Å². The third-order valence-corrected chi connectivity index (χ3v) is 1.78. The van der Waals surface area contributed by atoms with Gasteiger partial charge in [-0.15, -0.1) is 24.2 Å². The van der Waals surface area contributed by atoms with E-state index >= 15 is 0 Å². The Balaban J connectivity index is 3.17. The zero-order chi connectivity index (χ0) is 5.21. The fraction of sp³-hybridized carbons (Fsp3) is 1.00. The quantitative estimate of drug-likeness (QED) is 0.498. The third kappa shape index (κ3) is 5.41. The summed E-state index contributed by atoms with van der Waals surface area (Å²) >= 11 is 17.4. The minimum Gasteiger partial charge on any atom is -0.144 e. The highest BCUT2D eigenvalue weighted by molar-refractivity contribution is 9.12. The maximum atomic E-state index is 5.37. The number of halogens is 3. The van der Waals surface area contributed by atoms with E-state index in [-0.39, 0.29) is 5.88 Å². The van der Waals surface area contributed by atoms with Gasteiger partial charge in [0, 0.05) is 0 Å². The van der Waals surface area contributed by atoms with Crippen molar-refractivity contribution in [2.24, 2.45) is 0 Å². The summed E-state index contributed by atoms with van der Waals surface area (Å²) in [4.78, 5) is 0. The lowest BCUT2D eigenvalue weighted by Gasteiger charge is -2.03. The maximum absolute atomic E-state index is 5.37. The van der Waals surface area contributed by atoms with Crippen molar-refractivity contribution in [3.63, 3.8) is 0 Å². The van der Waals surface area contributed by atoms with Gasteiger partial charge in [0.1, 0.15) is 0 Å². The van der Waals surface area contributed by atoms with Gasteiger partial charge in [0.05, 0.1) is 5.88 Å². The zero-order valence-electron chi connectivity index (χ0n) is 2.79. The van der Waals surface area contributed by atoms with Crippen molar-refractivity contribution in [1.82, 2.24) is 0 Å². The Morgan fingerprint density at radius 3 is 2.00 bits per heavy atom. The summed E-state index contributed by atoms with van der Waals surface area (Å²) in [6.45, 7) is 0. The Bertz CT molecular complexity index is 41.3. The maximum Gasteiger partial charge on any atom is 0.155 e. The standard InChI is InChI=1S/C2H3BrCl2S/c3-2(5,6)1-4/h6H,1H2. The molecule has 0 aliphatic heterocycles. The lowest BCUT2D eigenvalue weighted by atomic mass is 10.9. The van der Waals surface area contributed by atoms with Crippen molar-refractivity contribution in [2.75, 3.05) is 5.88 Å². The average Bonchev–Trinajstić information content (AvgIpc) is 1.35. The second-order valence-corrected chi connectivity index (χ2v) is 5.16. The van der Waals surface area contributed by atoms with Crippen LogP contribution in [-0.4, -0.2) is 9.00 Å². The van der Waals surface area contributed by atoms with Crippen molar-refractivity contribution in [3.8, 4) is 0 Å². The molecule has 0 aromatic rings. The molecule has 0 bridgehead atoms. The molecule has 0 saturated carbocycles. The van der Waals surface area contributed by atoms with Gasteiger partial charge in [-0.05, 0) is 0 Å². The highest BCUT2D eigenvalue weighted by Gasteiger charge is 2.13. The Labute approximate surface area is 60.7 Å². The predicted molar refractivity (Wildman–Crippen MR) is 37.2 cm³/mol. The fourth-order valence-electron chi connectivity index (χ4n) is 0. The molecule has 0 aromatic heterocycles. The number of alkyl halides is 3. The van der Waals surface area contributed by atoms with Gasteiger partial charge in [-0.2, -0.15) is 0 Å². The number of hydrogen-bond donors (Lipinski definition) is 1. The first kappa shape index (κ1) is 7.41. The summed E-state index contributed by atoms with van der Waals surface area (Å²) in [6, 6.07) is 0. The van der Waals surface area contributed by atoms with Gasteiger partial charge in [0.25, 0.3) is 0 Å². The van der Waals surface area contributed by atoms with Crippen molar-refractivity contribution in [2.45, 2.75) is 3.12 Å². The highest BCUT2D eigenvalue weighted by Crippen LogP contribution is 2.28. The summed E-state index contributed by atoms with van der Waals surface area (Å²) in [7, 11) is 0. The second-order valence-electron chi connectivity index (χ2n) is 0.799. The van der Waals surface area contributed by atoms with Crippen molar-refractivity contribution < 1.29 is 0 Å². The lowest BCUT2D eigenvalue weighted by Crippen LogP contribution is -2.00. The summed E-state index contributed by atoms with van der Waals surface area (Å²) in [6.07, 6.45) is 0. The van der Waals surface area contributed by atoms with Gasteiger partial charge in [0.2, 0.25) is 0 Å². The lowest BCUT2D eigenvalue weighted by molar-refractivity contribution is 1.36. The molecule has 0 rings (SSSR count). The fourth-order valence-corrected chi connectivity index (χ4v) is 0. The smallest absolute Gasteiger partial charge is 0.144 e. The van der Waals surface area contributed by atoms with Crippen molar-refractivity contribution >= 4 is 51.8 Å². The summed E-state index contributed by atoms with van der Waals surface area (Å²) < 4.78 is -0.714. The molecule has 0 aromatic carbocycles. The van der Waals surface area contributed by atoms with Gasteiger partial charge < -0.3 is 0 Å². The molecule has 6 heavy (non-hydrogen) atoms. The van der Waals surface area contributed by atoms with E-state index < -0.39 is 3.12 Å². The summed E-state index contributed by atoms with van der Waals surface area (Å²) in [5, 5.41) is 0. The second kappa shape index (κ2) is 2.65. The molecule has 0 spiro atoms. The highest BCUT2D eigenvalue weighted by atomic mass is 79.9. The first-order valence-corrected chi connectivity index (χ1v) is 3.38. The molecular formula is C2H3BrCl2S. The number of thiol groups is 1. The van der Waals surface area contributed by atoms with Crippen LogP contribution in [0.15, 0.2) is 0 Å². The molecule has 0 aliphatic rings. The Morgan fingerprint density at radius 2 is 2.00 bits per heavy atom. The van der Waals surface area contributed by atoms with Crippen LogP contribution < -0.4 is 0 Å². The molecule has 4 heteroatoms. The molecular weight excluding hydrogens is 207 g/mol. The van der Waals surface area contributed by atoms with Gasteiger partial charge in [-0.1, -0.05) is 27.5 Å². The molecule has 38 valence electrons. The van der Waals surface area contributed by atoms with E-state index in [2.05, 4.69) is 28.6 Å². The topological polar surface area (TPSA) is 0 Å². The Kier molecular flexibility index (Phi) is 3.28. The van der Waals surface area contributed by atoms with Crippen LogP contribution in [0.4, 0.5) is 0 Å². The van der Waals surface area contributed by atoms with Crippen LogP contribution in [0.5, 0.6) is 0 Å². The van der Waals surface area contributed by atoms with E-state index in [0.29, 0.717) is 0 Å². The van der Waals surface area contributed by atoms with Crippen LogP contribution in [-0.2, 0) is 0 Å². The van der Waals surface area contributed by atoms with Crippen LogP contribution in [0.2, 0.25) is 0 Å². The predicted octanol–water partition coefficient (Wildman–Crippen LogP) is 2.44. The summed E-state index contributed by atoms with van der Waals surface area (Å²) in [5.74, 6) is 0.289. The average molecular weight is 210 g/mol. The first-order chi connectivity index (χ1) is 2.56. The van der Waals surface area contributed by atoms with Gasteiger partial charge in [-0.3, -0.25) is 0 Å². The molecule has 0 radical (unpaired) electrons. The van der Waals surface area contributed by atoms with Crippen molar-refractivity contribution in [1.29, 1.82) is 0 Å². The van der Waals surface area contributed by atoms with E-state index in [9.17, 15) is 0 Å². The minimum atomic E-state index is -0.714. The molecule has 0 amide bonds. The first-order valence-electron chi connectivity index (χ1n) is 1.22. The molecule has 0 saturated heterocycles. The van der Waals surface area contributed by atoms with Crippen LogP contribution in [0.25, 0.3) is 0 Å². The SMILES string of the molecule is SC(Cl)(Br)CCl. The van der Waals surface area contributed by atoms with Gasteiger partial charge >= 0.3 is 0 Å². The molecule has 0 fully saturated rings. The minimum absolute atomic E-state index is 0.289. The van der Waals surface area contributed by atoms with Crippen LogP contribution in [0.1, 0.15) is 0 Å². The number of rotatable bonds is 1. The van der Waals surface area contributed by atoms with Crippen LogP contribution in [0, 0.1) is 0 Å². The van der Waals surface area contributed by atoms with E-state index in [1.807, 2.05) is 0 Å².